The second kappa shape index (κ2) is 6.75. The molecular formula is C18H21N7O2. The van der Waals surface area contributed by atoms with Gasteiger partial charge in [0.05, 0.1) is 31.4 Å². The van der Waals surface area contributed by atoms with Crippen molar-refractivity contribution >= 4 is 17.6 Å². The van der Waals surface area contributed by atoms with Crippen molar-refractivity contribution in [3.8, 4) is 17.3 Å². The second-order valence-electron chi connectivity index (χ2n) is 6.42. The van der Waals surface area contributed by atoms with Crippen LogP contribution in [0.25, 0.3) is 5.69 Å². The standard InChI is InChI=1S/C18H21N7O2/c1-11-8-25(10-20-11)13-5-6-15(21-17(13)26-4)22-18-19-7-14-16(23-18)24(3)12(2)9-27-14/h5-8,10,12H,9H2,1-4H3,(H,19,21,22,23). The Bertz CT molecular complexity index is 972. The summed E-state index contributed by atoms with van der Waals surface area (Å²) >= 11 is 0. The molecule has 3 aromatic heterocycles. The third kappa shape index (κ3) is 3.23. The lowest BCUT2D eigenvalue weighted by Crippen LogP contribution is -2.38. The molecule has 1 unspecified atom stereocenters. The van der Waals surface area contributed by atoms with Gasteiger partial charge >= 0.3 is 0 Å². The Balaban J connectivity index is 1.62. The fourth-order valence-electron chi connectivity index (χ4n) is 2.82. The quantitative estimate of drug-likeness (QED) is 0.751. The zero-order valence-electron chi connectivity index (χ0n) is 15.7. The minimum Gasteiger partial charge on any atom is -0.486 e. The molecule has 0 bridgehead atoms. The van der Waals surface area contributed by atoms with E-state index in [1.54, 1.807) is 19.6 Å². The lowest BCUT2D eigenvalue weighted by Gasteiger charge is -2.32. The molecule has 1 aliphatic rings. The first-order chi connectivity index (χ1) is 13.0. The molecule has 140 valence electrons. The van der Waals surface area contributed by atoms with E-state index in [4.69, 9.17) is 9.47 Å². The molecule has 0 amide bonds. The minimum absolute atomic E-state index is 0.247. The smallest absolute Gasteiger partial charge is 0.240 e. The molecule has 9 heteroatoms. The van der Waals surface area contributed by atoms with Crippen LogP contribution in [-0.2, 0) is 0 Å². The summed E-state index contributed by atoms with van der Waals surface area (Å²) in [5.74, 6) is 2.93. The lowest BCUT2D eigenvalue weighted by molar-refractivity contribution is 0.271. The van der Waals surface area contributed by atoms with Crippen molar-refractivity contribution in [2.24, 2.45) is 0 Å². The van der Waals surface area contributed by atoms with Crippen molar-refractivity contribution < 1.29 is 9.47 Å². The van der Waals surface area contributed by atoms with E-state index in [0.717, 1.165) is 17.2 Å². The summed E-state index contributed by atoms with van der Waals surface area (Å²) in [4.78, 5) is 19.7. The van der Waals surface area contributed by atoms with Crippen LogP contribution in [0.4, 0.5) is 17.6 Å². The van der Waals surface area contributed by atoms with Crippen LogP contribution in [0.5, 0.6) is 11.6 Å². The molecule has 3 aromatic rings. The molecule has 1 aliphatic heterocycles. The fourth-order valence-corrected chi connectivity index (χ4v) is 2.82. The summed E-state index contributed by atoms with van der Waals surface area (Å²) in [6.45, 7) is 4.63. The monoisotopic (exact) mass is 367 g/mol. The summed E-state index contributed by atoms with van der Waals surface area (Å²) < 4.78 is 13.0. The highest BCUT2D eigenvalue weighted by Gasteiger charge is 2.23. The molecule has 1 atom stereocenters. The highest BCUT2D eigenvalue weighted by molar-refractivity contribution is 5.59. The third-order valence-electron chi connectivity index (χ3n) is 4.47. The normalized spacial score (nSPS) is 15.9. The first kappa shape index (κ1) is 17.1. The maximum Gasteiger partial charge on any atom is 0.240 e. The predicted molar refractivity (Wildman–Crippen MR) is 101 cm³/mol. The van der Waals surface area contributed by atoms with Crippen LogP contribution >= 0.6 is 0 Å². The van der Waals surface area contributed by atoms with Gasteiger partial charge in [-0.3, -0.25) is 0 Å². The van der Waals surface area contributed by atoms with Crippen molar-refractivity contribution in [1.29, 1.82) is 0 Å². The SMILES string of the molecule is COc1nc(Nc2ncc3c(n2)N(C)C(C)CO3)ccc1-n1cnc(C)c1. The maximum absolute atomic E-state index is 5.68. The summed E-state index contributed by atoms with van der Waals surface area (Å²) in [7, 11) is 3.58. The summed E-state index contributed by atoms with van der Waals surface area (Å²) in [6.07, 6.45) is 5.31. The highest BCUT2D eigenvalue weighted by Crippen LogP contribution is 2.31. The van der Waals surface area contributed by atoms with E-state index in [0.29, 0.717) is 30.0 Å². The van der Waals surface area contributed by atoms with Gasteiger partial charge in [0.2, 0.25) is 11.8 Å². The molecule has 0 saturated heterocycles. The average Bonchev–Trinajstić information content (AvgIpc) is 3.11. The van der Waals surface area contributed by atoms with E-state index in [9.17, 15) is 0 Å². The average molecular weight is 367 g/mol. The molecule has 0 saturated carbocycles. The van der Waals surface area contributed by atoms with Gasteiger partial charge in [0, 0.05) is 13.2 Å². The van der Waals surface area contributed by atoms with Gasteiger partial charge in [-0.1, -0.05) is 0 Å². The number of likely N-dealkylation sites (N-methyl/N-ethyl adjacent to an activating group) is 1. The predicted octanol–water partition coefficient (Wildman–Crippen LogP) is 2.34. The number of fused-ring (bicyclic) bond motifs is 1. The first-order valence-electron chi connectivity index (χ1n) is 8.61. The summed E-state index contributed by atoms with van der Waals surface area (Å²) in [6, 6.07) is 4.00. The molecule has 27 heavy (non-hydrogen) atoms. The number of nitrogens with one attached hydrogen (secondary N) is 1. The molecule has 1 N–H and O–H groups in total. The highest BCUT2D eigenvalue weighted by atomic mass is 16.5. The molecule has 0 aliphatic carbocycles. The number of ether oxygens (including phenoxy) is 2. The van der Waals surface area contributed by atoms with Crippen LogP contribution in [0.15, 0.2) is 30.9 Å². The van der Waals surface area contributed by atoms with E-state index >= 15 is 0 Å². The molecule has 0 aromatic carbocycles. The molecule has 4 heterocycles. The Morgan fingerprint density at radius 3 is 2.85 bits per heavy atom. The zero-order valence-corrected chi connectivity index (χ0v) is 15.7. The third-order valence-corrected chi connectivity index (χ3v) is 4.47. The molecular weight excluding hydrogens is 346 g/mol. The van der Waals surface area contributed by atoms with E-state index < -0.39 is 0 Å². The fraction of sp³-hybridized carbons (Fsp3) is 0.333. The molecule has 0 fully saturated rings. The Labute approximate surface area is 157 Å². The summed E-state index contributed by atoms with van der Waals surface area (Å²) in [5, 5.41) is 3.13. The number of nitrogens with zero attached hydrogens (tertiary/aromatic N) is 6. The van der Waals surface area contributed by atoms with Crippen LogP contribution in [-0.4, -0.2) is 51.3 Å². The Kier molecular flexibility index (Phi) is 4.27. The van der Waals surface area contributed by atoms with E-state index in [-0.39, 0.29) is 6.04 Å². The van der Waals surface area contributed by atoms with E-state index in [2.05, 4.69) is 37.1 Å². The van der Waals surface area contributed by atoms with Gasteiger partial charge in [-0.05, 0) is 26.0 Å². The number of aryl methyl sites for hydroxylation is 1. The maximum atomic E-state index is 5.68. The van der Waals surface area contributed by atoms with Crippen LogP contribution in [0, 0.1) is 6.92 Å². The van der Waals surface area contributed by atoms with Crippen LogP contribution in [0.1, 0.15) is 12.6 Å². The van der Waals surface area contributed by atoms with Gasteiger partial charge in [0.15, 0.2) is 11.6 Å². The Hall–Kier alpha value is -3.36. The number of methoxy groups -OCH3 is 1. The van der Waals surface area contributed by atoms with Gasteiger partial charge in [-0.2, -0.15) is 9.97 Å². The van der Waals surface area contributed by atoms with Gasteiger partial charge in [-0.25, -0.2) is 9.97 Å². The Morgan fingerprint density at radius 2 is 2.11 bits per heavy atom. The summed E-state index contributed by atoms with van der Waals surface area (Å²) in [5.41, 5.74) is 1.72. The number of hydrogen-bond acceptors (Lipinski definition) is 8. The van der Waals surface area contributed by atoms with Crippen LogP contribution in [0.2, 0.25) is 0 Å². The van der Waals surface area contributed by atoms with Crippen molar-refractivity contribution in [3.05, 3.63) is 36.5 Å². The number of hydrogen-bond donors (Lipinski definition) is 1. The van der Waals surface area contributed by atoms with Gasteiger partial charge in [-0.15, -0.1) is 0 Å². The molecule has 9 nitrogen and oxygen atoms in total. The number of pyridine rings is 1. The van der Waals surface area contributed by atoms with Gasteiger partial charge < -0.3 is 24.3 Å². The minimum atomic E-state index is 0.247. The van der Waals surface area contributed by atoms with Crippen molar-refractivity contribution in [2.75, 3.05) is 31.0 Å². The largest absolute Gasteiger partial charge is 0.486 e. The number of anilines is 3. The second-order valence-corrected chi connectivity index (χ2v) is 6.42. The Morgan fingerprint density at radius 1 is 1.26 bits per heavy atom. The topological polar surface area (TPSA) is 90.2 Å². The molecule has 4 rings (SSSR count). The lowest BCUT2D eigenvalue weighted by atomic mass is 10.2. The number of aromatic nitrogens is 5. The van der Waals surface area contributed by atoms with E-state index in [1.165, 1.54) is 0 Å². The number of rotatable bonds is 4. The van der Waals surface area contributed by atoms with Crippen LogP contribution < -0.4 is 19.7 Å². The van der Waals surface area contributed by atoms with Crippen molar-refractivity contribution in [3.63, 3.8) is 0 Å². The van der Waals surface area contributed by atoms with Crippen LogP contribution in [0.3, 0.4) is 0 Å². The van der Waals surface area contributed by atoms with Gasteiger partial charge in [0.1, 0.15) is 18.1 Å². The molecule has 0 spiro atoms. The molecule has 0 radical (unpaired) electrons. The number of imidazole rings is 1. The van der Waals surface area contributed by atoms with Crippen molar-refractivity contribution in [1.82, 2.24) is 24.5 Å². The first-order valence-corrected chi connectivity index (χ1v) is 8.61. The zero-order chi connectivity index (χ0) is 19.0. The van der Waals surface area contributed by atoms with E-state index in [1.807, 2.05) is 36.9 Å². The van der Waals surface area contributed by atoms with Crippen molar-refractivity contribution in [2.45, 2.75) is 19.9 Å². The van der Waals surface area contributed by atoms with Gasteiger partial charge in [0.25, 0.3) is 0 Å².